The molecule has 0 aromatic carbocycles. The Morgan fingerprint density at radius 3 is 2.81 bits per heavy atom. The van der Waals surface area contributed by atoms with Crippen molar-refractivity contribution in [3.8, 4) is 11.5 Å². The highest BCUT2D eigenvalue weighted by molar-refractivity contribution is 5.53. The fraction of sp³-hybridized carbons (Fsp3) is 0.562. The van der Waals surface area contributed by atoms with Gasteiger partial charge in [-0.1, -0.05) is 19.8 Å². The summed E-state index contributed by atoms with van der Waals surface area (Å²) in [5.74, 6) is 2.27. The highest BCUT2D eigenvalue weighted by Gasteiger charge is 2.21. The van der Waals surface area contributed by atoms with Gasteiger partial charge in [0.25, 0.3) is 0 Å². The van der Waals surface area contributed by atoms with Crippen LogP contribution in [0.5, 0.6) is 0 Å². The highest BCUT2D eigenvalue weighted by Crippen LogP contribution is 2.34. The molecule has 3 rings (SSSR count). The molecule has 112 valence electrons. The zero-order valence-corrected chi connectivity index (χ0v) is 12.8. The van der Waals surface area contributed by atoms with E-state index in [9.17, 15) is 0 Å². The fourth-order valence-electron chi connectivity index (χ4n) is 3.07. The maximum absolute atomic E-state index is 4.84. The smallest absolute Gasteiger partial charge is 0.180 e. The molecule has 0 radical (unpaired) electrons. The van der Waals surface area contributed by atoms with E-state index in [2.05, 4.69) is 32.8 Å². The average Bonchev–Trinajstić information content (AvgIpc) is 3.18. The Bertz CT molecular complexity index is 598. The number of nitrogens with zero attached hydrogens (tertiary/aromatic N) is 4. The van der Waals surface area contributed by atoms with E-state index in [0.717, 1.165) is 30.3 Å². The van der Waals surface area contributed by atoms with Crippen LogP contribution < -0.4 is 5.32 Å². The molecule has 1 fully saturated rings. The topological polar surface area (TPSA) is 55.6 Å². The monoisotopic (exact) mass is 285 g/mol. The molecule has 1 aliphatic carbocycles. The lowest BCUT2D eigenvalue weighted by Gasteiger charge is -2.13. The Hall–Kier alpha value is -1.91. The first-order valence-corrected chi connectivity index (χ1v) is 7.89. The molecule has 5 nitrogen and oxygen atoms in total. The van der Waals surface area contributed by atoms with Crippen LogP contribution in [0, 0.1) is 0 Å². The summed E-state index contributed by atoms with van der Waals surface area (Å²) >= 11 is 0. The van der Waals surface area contributed by atoms with Crippen LogP contribution in [-0.2, 0) is 6.54 Å². The van der Waals surface area contributed by atoms with Crippen LogP contribution in [0.15, 0.2) is 18.6 Å². The lowest BCUT2D eigenvalue weighted by molar-refractivity contribution is 0.675. The van der Waals surface area contributed by atoms with Gasteiger partial charge in [-0.25, -0.2) is 15.0 Å². The van der Waals surface area contributed by atoms with Gasteiger partial charge in [0, 0.05) is 31.3 Å². The number of anilines is 1. The van der Waals surface area contributed by atoms with Gasteiger partial charge in [-0.15, -0.1) is 0 Å². The van der Waals surface area contributed by atoms with Crippen molar-refractivity contribution >= 4 is 5.82 Å². The van der Waals surface area contributed by atoms with Crippen molar-refractivity contribution in [2.75, 3.05) is 12.4 Å². The van der Waals surface area contributed by atoms with Gasteiger partial charge < -0.3 is 9.88 Å². The molecular formula is C16H23N5. The van der Waals surface area contributed by atoms with Crippen LogP contribution in [0.3, 0.4) is 0 Å². The summed E-state index contributed by atoms with van der Waals surface area (Å²) in [4.78, 5) is 13.7. The zero-order chi connectivity index (χ0) is 14.7. The second-order valence-corrected chi connectivity index (χ2v) is 5.71. The van der Waals surface area contributed by atoms with Crippen LogP contribution >= 0.6 is 0 Å². The molecule has 1 aliphatic rings. The second kappa shape index (κ2) is 6.24. The molecule has 2 heterocycles. The largest absolute Gasteiger partial charge is 0.373 e. The first-order valence-electron chi connectivity index (χ1n) is 7.89. The van der Waals surface area contributed by atoms with Crippen molar-refractivity contribution in [1.82, 2.24) is 19.5 Å². The summed E-state index contributed by atoms with van der Waals surface area (Å²) in [6.45, 7) is 3.11. The van der Waals surface area contributed by atoms with Gasteiger partial charge in [0.05, 0.1) is 12.5 Å². The molecular weight excluding hydrogens is 262 g/mol. The third kappa shape index (κ3) is 2.91. The summed E-state index contributed by atoms with van der Waals surface area (Å²) in [6.07, 6.45) is 9.91. The van der Waals surface area contributed by atoms with Crippen LogP contribution in [0.25, 0.3) is 11.5 Å². The average molecular weight is 285 g/mol. The fourth-order valence-corrected chi connectivity index (χ4v) is 3.07. The third-order valence-corrected chi connectivity index (χ3v) is 4.18. The van der Waals surface area contributed by atoms with E-state index in [0.29, 0.717) is 5.92 Å². The molecule has 0 spiro atoms. The van der Waals surface area contributed by atoms with Crippen LogP contribution in [0.4, 0.5) is 5.82 Å². The SMILES string of the molecule is CCCn1cncc1-c1nc(NC)cc(C2CCCC2)n1. The predicted octanol–water partition coefficient (Wildman–Crippen LogP) is 3.45. The number of aromatic nitrogens is 4. The summed E-state index contributed by atoms with van der Waals surface area (Å²) < 4.78 is 2.13. The molecule has 2 aromatic heterocycles. The van der Waals surface area contributed by atoms with E-state index >= 15 is 0 Å². The minimum absolute atomic E-state index is 0.585. The second-order valence-electron chi connectivity index (χ2n) is 5.71. The Kier molecular flexibility index (Phi) is 4.18. The van der Waals surface area contributed by atoms with Gasteiger partial charge in [-0.05, 0) is 19.3 Å². The van der Waals surface area contributed by atoms with E-state index in [1.54, 1.807) is 0 Å². The molecule has 0 unspecified atom stereocenters. The number of aryl methyl sites for hydroxylation is 1. The summed E-state index contributed by atoms with van der Waals surface area (Å²) in [5.41, 5.74) is 2.18. The Morgan fingerprint density at radius 2 is 2.10 bits per heavy atom. The lowest BCUT2D eigenvalue weighted by atomic mass is 10.0. The van der Waals surface area contributed by atoms with E-state index in [1.807, 2.05) is 19.6 Å². The van der Waals surface area contributed by atoms with Gasteiger partial charge >= 0.3 is 0 Å². The Labute approximate surface area is 125 Å². The number of hydrogen-bond donors (Lipinski definition) is 1. The molecule has 5 heteroatoms. The number of hydrogen-bond acceptors (Lipinski definition) is 4. The van der Waals surface area contributed by atoms with Crippen molar-refractivity contribution in [2.45, 2.75) is 51.5 Å². The van der Waals surface area contributed by atoms with Crippen LogP contribution in [-0.4, -0.2) is 26.6 Å². The molecule has 0 atom stereocenters. The van der Waals surface area contributed by atoms with Gasteiger partial charge in [-0.3, -0.25) is 0 Å². The van der Waals surface area contributed by atoms with Crippen molar-refractivity contribution in [3.63, 3.8) is 0 Å². The quantitative estimate of drug-likeness (QED) is 0.914. The first-order chi connectivity index (χ1) is 10.3. The van der Waals surface area contributed by atoms with E-state index < -0.39 is 0 Å². The molecule has 0 bridgehead atoms. The standard InChI is InChI=1S/C16H23N5/c1-3-8-21-11-18-10-14(21)16-19-13(9-15(17-2)20-16)12-6-4-5-7-12/h9-12H,3-8H2,1-2H3,(H,17,19,20). The van der Waals surface area contributed by atoms with Crippen molar-refractivity contribution in [2.24, 2.45) is 0 Å². The summed E-state index contributed by atoms with van der Waals surface area (Å²) in [5, 5.41) is 3.16. The third-order valence-electron chi connectivity index (χ3n) is 4.18. The van der Waals surface area contributed by atoms with Gasteiger partial charge in [0.1, 0.15) is 11.5 Å². The van der Waals surface area contributed by atoms with Gasteiger partial charge in [0.15, 0.2) is 5.82 Å². The van der Waals surface area contributed by atoms with Crippen LogP contribution in [0.1, 0.15) is 50.6 Å². The number of imidazole rings is 1. The van der Waals surface area contributed by atoms with Crippen molar-refractivity contribution < 1.29 is 0 Å². The molecule has 21 heavy (non-hydrogen) atoms. The first kappa shape index (κ1) is 14.0. The molecule has 0 amide bonds. The van der Waals surface area contributed by atoms with Crippen LogP contribution in [0.2, 0.25) is 0 Å². The minimum Gasteiger partial charge on any atom is -0.373 e. The van der Waals surface area contributed by atoms with Gasteiger partial charge in [0.2, 0.25) is 0 Å². The highest BCUT2D eigenvalue weighted by atomic mass is 15.1. The summed E-state index contributed by atoms with van der Waals surface area (Å²) in [6, 6.07) is 2.10. The van der Waals surface area contributed by atoms with E-state index in [-0.39, 0.29) is 0 Å². The maximum Gasteiger partial charge on any atom is 0.180 e. The predicted molar refractivity (Wildman–Crippen MR) is 84.3 cm³/mol. The minimum atomic E-state index is 0.585. The molecule has 0 aliphatic heterocycles. The molecule has 0 saturated heterocycles. The molecule has 2 aromatic rings. The summed E-state index contributed by atoms with van der Waals surface area (Å²) in [7, 11) is 1.91. The Morgan fingerprint density at radius 1 is 1.29 bits per heavy atom. The van der Waals surface area contributed by atoms with E-state index in [4.69, 9.17) is 4.98 Å². The lowest BCUT2D eigenvalue weighted by Crippen LogP contribution is -2.06. The normalized spacial score (nSPS) is 15.5. The van der Waals surface area contributed by atoms with Crippen molar-refractivity contribution in [3.05, 3.63) is 24.3 Å². The molecule has 1 saturated carbocycles. The molecule has 1 N–H and O–H groups in total. The van der Waals surface area contributed by atoms with Gasteiger partial charge in [-0.2, -0.15) is 0 Å². The zero-order valence-electron chi connectivity index (χ0n) is 12.8. The number of rotatable bonds is 5. The van der Waals surface area contributed by atoms with Crippen molar-refractivity contribution in [1.29, 1.82) is 0 Å². The van der Waals surface area contributed by atoms with E-state index in [1.165, 1.54) is 31.4 Å². The number of nitrogens with one attached hydrogen (secondary N) is 1. The maximum atomic E-state index is 4.84. The Balaban J connectivity index is 2.00.